The lowest BCUT2D eigenvalue weighted by Crippen LogP contribution is -2.46. The monoisotopic (exact) mass is 295 g/mol. The first-order chi connectivity index (χ1) is 10.2. The van der Waals surface area contributed by atoms with Crippen LogP contribution in [0, 0.1) is 0 Å². The maximum Gasteiger partial charge on any atom is 0.241 e. The van der Waals surface area contributed by atoms with Gasteiger partial charge >= 0.3 is 0 Å². The normalized spacial score (nSPS) is 20.0. The van der Waals surface area contributed by atoms with Crippen molar-refractivity contribution in [2.24, 2.45) is 0 Å². The molecule has 2 amide bonds. The van der Waals surface area contributed by atoms with Crippen molar-refractivity contribution in [3.63, 3.8) is 0 Å². The minimum absolute atomic E-state index is 0.0185. The number of hydrogen-bond donors (Lipinski definition) is 1. The lowest BCUT2D eigenvalue weighted by atomic mass is 9.94. The van der Waals surface area contributed by atoms with Crippen molar-refractivity contribution in [2.75, 3.05) is 32.7 Å². The molecule has 0 radical (unpaired) electrons. The average Bonchev–Trinajstić information content (AvgIpc) is 3.05. The van der Waals surface area contributed by atoms with E-state index in [1.807, 2.05) is 4.90 Å². The van der Waals surface area contributed by atoms with Crippen molar-refractivity contribution in [3.8, 4) is 0 Å². The van der Waals surface area contributed by atoms with Crippen LogP contribution in [0.2, 0.25) is 0 Å². The third-order valence-corrected chi connectivity index (χ3v) is 4.74. The van der Waals surface area contributed by atoms with Gasteiger partial charge in [0.25, 0.3) is 0 Å². The van der Waals surface area contributed by atoms with E-state index < -0.39 is 0 Å². The van der Waals surface area contributed by atoms with Gasteiger partial charge in [-0.25, -0.2) is 0 Å². The summed E-state index contributed by atoms with van der Waals surface area (Å²) in [5, 5.41) is 2.79. The van der Waals surface area contributed by atoms with Gasteiger partial charge in [-0.2, -0.15) is 0 Å². The molecule has 0 atom stereocenters. The molecule has 2 fully saturated rings. The maximum absolute atomic E-state index is 12.1. The lowest BCUT2D eigenvalue weighted by molar-refractivity contribution is -0.132. The molecule has 0 aromatic carbocycles. The molecule has 1 N–H and O–H groups in total. The maximum atomic E-state index is 12.1. The Kier molecular flexibility index (Phi) is 6.49. The number of likely N-dealkylation sites (N-methyl/N-ethyl adjacent to an activating group) is 1. The topological polar surface area (TPSA) is 52.7 Å². The number of amides is 2. The summed E-state index contributed by atoms with van der Waals surface area (Å²) in [6.07, 6.45) is 8.45. The quantitative estimate of drug-likeness (QED) is 0.805. The van der Waals surface area contributed by atoms with Gasteiger partial charge in [-0.3, -0.25) is 14.5 Å². The van der Waals surface area contributed by atoms with Gasteiger partial charge in [-0.05, 0) is 32.2 Å². The van der Waals surface area contributed by atoms with E-state index in [1.165, 1.54) is 32.1 Å². The second-order valence-electron chi connectivity index (χ2n) is 6.22. The zero-order valence-corrected chi connectivity index (χ0v) is 13.3. The van der Waals surface area contributed by atoms with Gasteiger partial charge in [-0.1, -0.05) is 26.2 Å². The molecule has 0 bridgehead atoms. The summed E-state index contributed by atoms with van der Waals surface area (Å²) in [5.41, 5.74) is 0. The minimum Gasteiger partial charge on any atom is -0.346 e. The summed E-state index contributed by atoms with van der Waals surface area (Å²) in [4.78, 5) is 28.1. The molecule has 1 aliphatic heterocycles. The Labute approximate surface area is 128 Å². The summed E-state index contributed by atoms with van der Waals surface area (Å²) in [7, 11) is 0. The second kappa shape index (κ2) is 8.37. The fourth-order valence-corrected chi connectivity index (χ4v) is 3.44. The highest BCUT2D eigenvalue weighted by Crippen LogP contribution is 2.22. The lowest BCUT2D eigenvalue weighted by Gasteiger charge is -2.32. The van der Waals surface area contributed by atoms with Gasteiger partial charge < -0.3 is 10.2 Å². The van der Waals surface area contributed by atoms with Crippen LogP contribution in [0.4, 0.5) is 0 Å². The minimum atomic E-state index is -0.0185. The number of likely N-dealkylation sites (tertiary alicyclic amines) is 1. The average molecular weight is 295 g/mol. The number of carbonyl (C=O) groups is 2. The van der Waals surface area contributed by atoms with Gasteiger partial charge in [0.05, 0.1) is 13.1 Å². The van der Waals surface area contributed by atoms with Gasteiger partial charge in [0.15, 0.2) is 0 Å². The van der Waals surface area contributed by atoms with Crippen molar-refractivity contribution in [3.05, 3.63) is 0 Å². The zero-order valence-electron chi connectivity index (χ0n) is 13.3. The Morgan fingerprint density at radius 2 is 1.76 bits per heavy atom. The third kappa shape index (κ3) is 4.99. The molecule has 2 aliphatic rings. The predicted octanol–water partition coefficient (Wildman–Crippen LogP) is 1.38. The highest BCUT2D eigenvalue weighted by atomic mass is 16.2. The molecule has 21 heavy (non-hydrogen) atoms. The van der Waals surface area contributed by atoms with Crippen LogP contribution < -0.4 is 5.32 Å². The molecule has 120 valence electrons. The molecule has 2 rings (SSSR count). The van der Waals surface area contributed by atoms with Gasteiger partial charge in [0, 0.05) is 19.1 Å². The molecule has 5 heteroatoms. The third-order valence-electron chi connectivity index (χ3n) is 4.74. The molecule has 1 saturated carbocycles. The van der Waals surface area contributed by atoms with Crippen LogP contribution in [0.1, 0.15) is 51.9 Å². The second-order valence-corrected chi connectivity index (χ2v) is 6.22. The van der Waals surface area contributed by atoms with Crippen LogP contribution in [-0.4, -0.2) is 60.4 Å². The Hall–Kier alpha value is -1.10. The van der Waals surface area contributed by atoms with Crippen LogP contribution in [0.15, 0.2) is 0 Å². The van der Waals surface area contributed by atoms with Crippen molar-refractivity contribution >= 4 is 11.8 Å². The predicted molar refractivity (Wildman–Crippen MR) is 82.9 cm³/mol. The fourth-order valence-electron chi connectivity index (χ4n) is 3.44. The molecule has 0 aromatic heterocycles. The molecule has 0 spiro atoms. The van der Waals surface area contributed by atoms with Crippen LogP contribution >= 0.6 is 0 Å². The van der Waals surface area contributed by atoms with E-state index in [0.717, 1.165) is 32.5 Å². The van der Waals surface area contributed by atoms with Gasteiger partial charge in [-0.15, -0.1) is 0 Å². The van der Waals surface area contributed by atoms with E-state index in [9.17, 15) is 9.59 Å². The highest BCUT2D eigenvalue weighted by Gasteiger charge is 2.22. The van der Waals surface area contributed by atoms with Crippen molar-refractivity contribution in [2.45, 2.75) is 57.9 Å². The van der Waals surface area contributed by atoms with E-state index in [1.54, 1.807) is 0 Å². The fraction of sp³-hybridized carbons (Fsp3) is 0.875. The van der Waals surface area contributed by atoms with Crippen LogP contribution in [0.3, 0.4) is 0 Å². The molecule has 5 nitrogen and oxygen atoms in total. The standard InChI is InChI=1S/C16H29N3O2/c1-2-18(14-8-4-3-5-9-14)13-15(20)17-12-16(21)19-10-6-7-11-19/h14H,2-13H2,1H3,(H,17,20). The van der Waals surface area contributed by atoms with Crippen LogP contribution in [-0.2, 0) is 9.59 Å². The van der Waals surface area contributed by atoms with E-state index >= 15 is 0 Å². The van der Waals surface area contributed by atoms with Gasteiger partial charge in [0.1, 0.15) is 0 Å². The van der Waals surface area contributed by atoms with E-state index in [2.05, 4.69) is 17.1 Å². The van der Waals surface area contributed by atoms with Crippen LogP contribution in [0.5, 0.6) is 0 Å². The zero-order chi connectivity index (χ0) is 15.1. The molecule has 0 unspecified atom stereocenters. The Morgan fingerprint density at radius 3 is 2.38 bits per heavy atom. The number of nitrogens with one attached hydrogen (secondary N) is 1. The SMILES string of the molecule is CCN(CC(=O)NCC(=O)N1CCCC1)C1CCCCC1. The molecule has 1 aliphatic carbocycles. The molecule has 1 saturated heterocycles. The first-order valence-electron chi connectivity index (χ1n) is 8.49. The largest absolute Gasteiger partial charge is 0.346 e. The number of nitrogens with zero attached hydrogens (tertiary/aromatic N) is 2. The molecule has 1 heterocycles. The first kappa shape index (κ1) is 16.3. The summed E-state index contributed by atoms with van der Waals surface area (Å²) >= 11 is 0. The van der Waals surface area contributed by atoms with Crippen molar-refractivity contribution < 1.29 is 9.59 Å². The Morgan fingerprint density at radius 1 is 1.10 bits per heavy atom. The van der Waals surface area contributed by atoms with E-state index in [0.29, 0.717) is 12.6 Å². The number of rotatable bonds is 6. The Balaban J connectivity index is 1.70. The Bertz CT molecular complexity index is 347. The highest BCUT2D eigenvalue weighted by molar-refractivity contribution is 5.85. The smallest absolute Gasteiger partial charge is 0.241 e. The summed E-state index contributed by atoms with van der Waals surface area (Å²) in [5.74, 6) is 0.0385. The van der Waals surface area contributed by atoms with Crippen molar-refractivity contribution in [1.82, 2.24) is 15.1 Å². The first-order valence-corrected chi connectivity index (χ1v) is 8.49. The summed E-state index contributed by atoms with van der Waals surface area (Å²) < 4.78 is 0. The van der Waals surface area contributed by atoms with E-state index in [-0.39, 0.29) is 18.4 Å². The van der Waals surface area contributed by atoms with Crippen LogP contribution in [0.25, 0.3) is 0 Å². The van der Waals surface area contributed by atoms with Crippen molar-refractivity contribution in [1.29, 1.82) is 0 Å². The molecule has 0 aromatic rings. The number of hydrogen-bond acceptors (Lipinski definition) is 3. The summed E-state index contributed by atoms with van der Waals surface area (Å²) in [6.45, 7) is 5.28. The molecular weight excluding hydrogens is 266 g/mol. The summed E-state index contributed by atoms with van der Waals surface area (Å²) in [6, 6.07) is 0.545. The van der Waals surface area contributed by atoms with E-state index in [4.69, 9.17) is 0 Å². The van der Waals surface area contributed by atoms with Gasteiger partial charge in [0.2, 0.25) is 11.8 Å². The number of carbonyl (C=O) groups excluding carboxylic acids is 2. The molecular formula is C16H29N3O2.